The molecule has 1 aromatic heterocycles. The summed E-state index contributed by atoms with van der Waals surface area (Å²) in [6.07, 6.45) is 2.75. The van der Waals surface area contributed by atoms with Gasteiger partial charge in [0.25, 0.3) is 5.91 Å². The molecule has 39 heavy (non-hydrogen) atoms. The summed E-state index contributed by atoms with van der Waals surface area (Å²) in [5, 5.41) is 10.2. The molecule has 0 bridgehead atoms. The van der Waals surface area contributed by atoms with Gasteiger partial charge in [0.1, 0.15) is 6.54 Å². The molecule has 198 valence electrons. The zero-order valence-electron chi connectivity index (χ0n) is 21.1. The Morgan fingerprint density at radius 3 is 2.54 bits per heavy atom. The van der Waals surface area contributed by atoms with E-state index < -0.39 is 18.4 Å². The number of carbonyl (C=O) groups excluding carboxylic acids is 1. The van der Waals surface area contributed by atoms with Crippen LogP contribution in [0.2, 0.25) is 5.02 Å². The van der Waals surface area contributed by atoms with Crippen LogP contribution in [0.4, 0.5) is 5.95 Å². The average Bonchev–Trinajstić information content (AvgIpc) is 2.92. The van der Waals surface area contributed by atoms with Gasteiger partial charge < -0.3 is 14.9 Å². The molecule has 0 unspecified atom stereocenters. The number of hydrogen-bond acceptors (Lipinski definition) is 5. The fraction of sp³-hybridized carbons (Fsp3) is 0.200. The number of halogens is 2. The quantitative estimate of drug-likeness (QED) is 0.274. The van der Waals surface area contributed by atoms with Crippen molar-refractivity contribution >= 4 is 45.4 Å². The number of aromatic nitrogens is 2. The van der Waals surface area contributed by atoms with Crippen molar-refractivity contribution in [1.29, 1.82) is 0 Å². The summed E-state index contributed by atoms with van der Waals surface area (Å²) in [5.74, 6) is -1.00. The van der Waals surface area contributed by atoms with Gasteiger partial charge in [-0.15, -0.1) is 0 Å². The maximum absolute atomic E-state index is 13.8. The van der Waals surface area contributed by atoms with E-state index >= 15 is 0 Å². The molecule has 0 aliphatic carbocycles. The van der Waals surface area contributed by atoms with E-state index in [1.54, 1.807) is 6.07 Å². The smallest absolute Gasteiger partial charge is 0.323 e. The minimum absolute atomic E-state index is 0.131. The molecule has 0 radical (unpaired) electrons. The number of amides is 1. The number of benzene rings is 3. The maximum atomic E-state index is 13.8. The van der Waals surface area contributed by atoms with E-state index in [4.69, 9.17) is 16.6 Å². The Labute approximate surface area is 240 Å². The second kappa shape index (κ2) is 12.0. The fourth-order valence-electron chi connectivity index (χ4n) is 4.77. The molecule has 1 aliphatic rings. The summed E-state index contributed by atoms with van der Waals surface area (Å²) in [4.78, 5) is 38.4. The largest absolute Gasteiger partial charge is 0.480 e. The number of carboxylic acids is 1. The molecule has 0 fully saturated rings. The maximum Gasteiger partial charge on any atom is 0.323 e. The standard InChI is InChI=1S/C30H26BrClN4O3/c31-24-9-3-6-21(13-24)17-36(19-28(37)38)29(39)26-16-33-30(34-27(26)15-20-5-4-10-25(32)14-20)35-12-11-22-7-1-2-8-23(22)18-35/h1-10,13-14,16H,11-12,15,17-19H2,(H,37,38). The highest BCUT2D eigenvalue weighted by molar-refractivity contribution is 9.10. The molecule has 0 saturated carbocycles. The lowest BCUT2D eigenvalue weighted by Crippen LogP contribution is -2.36. The highest BCUT2D eigenvalue weighted by Crippen LogP contribution is 2.25. The average molecular weight is 606 g/mol. The van der Waals surface area contributed by atoms with Crippen molar-refractivity contribution in [2.24, 2.45) is 0 Å². The lowest BCUT2D eigenvalue weighted by molar-refractivity contribution is -0.137. The van der Waals surface area contributed by atoms with Gasteiger partial charge in [-0.3, -0.25) is 9.59 Å². The molecule has 5 rings (SSSR count). The SMILES string of the molecule is O=C(O)CN(Cc1cccc(Br)c1)C(=O)c1cnc(N2CCc3ccccc3C2)nc1Cc1cccc(Cl)c1. The summed E-state index contributed by atoms with van der Waals surface area (Å²) in [5.41, 5.74) is 5.03. The van der Waals surface area contributed by atoms with E-state index in [1.807, 2.05) is 54.6 Å². The number of rotatable bonds is 8. The van der Waals surface area contributed by atoms with Gasteiger partial charge in [0.05, 0.1) is 11.3 Å². The van der Waals surface area contributed by atoms with Crippen LogP contribution in [-0.2, 0) is 30.7 Å². The van der Waals surface area contributed by atoms with E-state index in [0.717, 1.165) is 28.6 Å². The van der Waals surface area contributed by atoms with Crippen molar-refractivity contribution in [3.63, 3.8) is 0 Å². The lowest BCUT2D eigenvalue weighted by Gasteiger charge is -2.29. The molecule has 9 heteroatoms. The first-order chi connectivity index (χ1) is 18.9. The first-order valence-corrected chi connectivity index (χ1v) is 13.7. The Morgan fingerprint density at radius 2 is 1.77 bits per heavy atom. The normalized spacial score (nSPS) is 12.6. The van der Waals surface area contributed by atoms with E-state index in [2.05, 4.69) is 37.9 Å². The summed E-state index contributed by atoms with van der Waals surface area (Å²) in [6, 6.07) is 23.2. The lowest BCUT2D eigenvalue weighted by atomic mass is 10.0. The van der Waals surface area contributed by atoms with Gasteiger partial charge in [0.15, 0.2) is 0 Å². The van der Waals surface area contributed by atoms with Crippen LogP contribution >= 0.6 is 27.5 Å². The van der Waals surface area contributed by atoms with Crippen molar-refractivity contribution in [3.05, 3.63) is 122 Å². The van der Waals surface area contributed by atoms with Crippen LogP contribution < -0.4 is 4.90 Å². The van der Waals surface area contributed by atoms with Crippen LogP contribution in [-0.4, -0.2) is 44.9 Å². The van der Waals surface area contributed by atoms with Crippen LogP contribution in [0, 0.1) is 0 Å². The molecule has 0 atom stereocenters. The molecule has 3 aromatic carbocycles. The molecule has 1 N–H and O–H groups in total. The van der Waals surface area contributed by atoms with Crippen molar-refractivity contribution in [2.75, 3.05) is 18.0 Å². The molecular formula is C30H26BrClN4O3. The molecule has 0 spiro atoms. The first kappa shape index (κ1) is 26.8. The Morgan fingerprint density at radius 1 is 1.00 bits per heavy atom. The van der Waals surface area contributed by atoms with Crippen LogP contribution in [0.25, 0.3) is 0 Å². The van der Waals surface area contributed by atoms with Crippen molar-refractivity contribution in [3.8, 4) is 0 Å². The predicted molar refractivity (Wildman–Crippen MR) is 154 cm³/mol. The van der Waals surface area contributed by atoms with Gasteiger partial charge in [-0.05, 0) is 52.9 Å². The summed E-state index contributed by atoms with van der Waals surface area (Å²) in [7, 11) is 0. The number of fused-ring (bicyclic) bond motifs is 1. The van der Waals surface area contributed by atoms with Gasteiger partial charge in [0.2, 0.25) is 5.95 Å². The van der Waals surface area contributed by atoms with Gasteiger partial charge in [0, 0.05) is 41.7 Å². The highest BCUT2D eigenvalue weighted by Gasteiger charge is 2.25. The summed E-state index contributed by atoms with van der Waals surface area (Å²) in [6.45, 7) is 1.11. The number of nitrogens with zero attached hydrogens (tertiary/aromatic N) is 4. The van der Waals surface area contributed by atoms with Crippen molar-refractivity contribution in [2.45, 2.75) is 25.9 Å². The molecule has 2 heterocycles. The minimum Gasteiger partial charge on any atom is -0.480 e. The van der Waals surface area contributed by atoms with Crippen LogP contribution in [0.3, 0.4) is 0 Å². The molecule has 4 aromatic rings. The number of hydrogen-bond donors (Lipinski definition) is 1. The van der Waals surface area contributed by atoms with E-state index in [9.17, 15) is 14.7 Å². The minimum atomic E-state index is -1.10. The fourth-order valence-corrected chi connectivity index (χ4v) is 5.43. The van der Waals surface area contributed by atoms with Crippen LogP contribution in [0.15, 0.2) is 83.5 Å². The van der Waals surface area contributed by atoms with Crippen molar-refractivity contribution < 1.29 is 14.7 Å². The summed E-state index contributed by atoms with van der Waals surface area (Å²) < 4.78 is 0.847. The third kappa shape index (κ3) is 6.64. The Bertz CT molecular complexity index is 1530. The zero-order valence-corrected chi connectivity index (χ0v) is 23.4. The third-order valence-electron chi connectivity index (χ3n) is 6.64. The highest BCUT2D eigenvalue weighted by atomic mass is 79.9. The topological polar surface area (TPSA) is 86.6 Å². The molecule has 0 saturated heterocycles. The number of carboxylic acid groups (broad SMARTS) is 1. The van der Waals surface area contributed by atoms with Gasteiger partial charge in [-0.25, -0.2) is 9.97 Å². The van der Waals surface area contributed by atoms with Gasteiger partial charge >= 0.3 is 5.97 Å². The Hall–Kier alpha value is -3.75. The first-order valence-electron chi connectivity index (χ1n) is 12.5. The second-order valence-corrected chi connectivity index (χ2v) is 10.8. The van der Waals surface area contributed by atoms with E-state index in [0.29, 0.717) is 29.6 Å². The van der Waals surface area contributed by atoms with Crippen LogP contribution in [0.1, 0.15) is 38.3 Å². The van der Waals surface area contributed by atoms with Crippen LogP contribution in [0.5, 0.6) is 0 Å². The Kier molecular flexibility index (Phi) is 8.24. The molecule has 1 amide bonds. The van der Waals surface area contributed by atoms with Gasteiger partial charge in [-0.1, -0.05) is 76.1 Å². The van der Waals surface area contributed by atoms with Crippen molar-refractivity contribution in [1.82, 2.24) is 14.9 Å². The van der Waals surface area contributed by atoms with E-state index in [1.165, 1.54) is 22.2 Å². The Balaban J connectivity index is 1.50. The number of aliphatic carboxylic acids is 1. The molecule has 1 aliphatic heterocycles. The monoisotopic (exact) mass is 604 g/mol. The van der Waals surface area contributed by atoms with Gasteiger partial charge in [-0.2, -0.15) is 0 Å². The summed E-state index contributed by atoms with van der Waals surface area (Å²) >= 11 is 9.68. The molecule has 7 nitrogen and oxygen atoms in total. The number of carbonyl (C=O) groups is 2. The number of anilines is 1. The van der Waals surface area contributed by atoms with E-state index in [-0.39, 0.29) is 12.1 Å². The zero-order chi connectivity index (χ0) is 27.4. The molecular weight excluding hydrogens is 580 g/mol. The second-order valence-electron chi connectivity index (χ2n) is 9.46. The third-order valence-corrected chi connectivity index (χ3v) is 7.36. The predicted octanol–water partition coefficient (Wildman–Crippen LogP) is 5.77.